The predicted octanol–water partition coefficient (Wildman–Crippen LogP) is -2.37. The molecule has 8 N–H and O–H groups in total. The molecule has 2 aliphatic heterocycles. The number of hydrazine groups is 4. The van der Waals surface area contributed by atoms with Crippen molar-refractivity contribution >= 4 is 24.3 Å². The molecular formula is C14H22N12. The van der Waals surface area contributed by atoms with Crippen molar-refractivity contribution in [3.8, 4) is 0 Å². The number of hydrogen-bond donors (Lipinski definition) is 6. The summed E-state index contributed by atoms with van der Waals surface area (Å²) < 4.78 is 0. The smallest absolute Gasteiger partial charge is 0.228 e. The lowest BCUT2D eigenvalue weighted by atomic mass is 10.2. The van der Waals surface area contributed by atoms with Crippen LogP contribution >= 0.6 is 0 Å². The fraction of sp³-hybridized carbons (Fsp3) is 0.286. The van der Waals surface area contributed by atoms with E-state index in [0.29, 0.717) is 38.1 Å². The normalized spacial score (nSPS) is 17.0. The molecule has 0 radical (unpaired) electrons. The maximum absolute atomic E-state index is 5.37. The molecule has 0 fully saturated rings. The van der Waals surface area contributed by atoms with Gasteiger partial charge in [-0.15, -0.1) is 0 Å². The predicted molar refractivity (Wildman–Crippen MR) is 101 cm³/mol. The Hall–Kier alpha value is -3.38. The second-order valence-electron chi connectivity index (χ2n) is 5.39. The van der Waals surface area contributed by atoms with Gasteiger partial charge >= 0.3 is 0 Å². The van der Waals surface area contributed by atoms with Crippen molar-refractivity contribution in [3.63, 3.8) is 0 Å². The van der Waals surface area contributed by atoms with E-state index in [1.165, 1.54) is 0 Å². The lowest BCUT2D eigenvalue weighted by Crippen LogP contribution is -2.47. The number of rotatable bonds is 6. The highest BCUT2D eigenvalue weighted by Crippen LogP contribution is 2.01. The van der Waals surface area contributed by atoms with Gasteiger partial charge in [0.05, 0.1) is 38.6 Å². The molecule has 0 atom stereocenters. The highest BCUT2D eigenvalue weighted by atomic mass is 15.7. The monoisotopic (exact) mass is 358 g/mol. The molecule has 2 aliphatic rings. The molecule has 12 nitrogen and oxygen atoms in total. The third kappa shape index (κ3) is 4.37. The van der Waals surface area contributed by atoms with E-state index >= 15 is 0 Å². The van der Waals surface area contributed by atoms with Gasteiger partial charge in [-0.05, 0) is 11.1 Å². The summed E-state index contributed by atoms with van der Waals surface area (Å²) in [6.45, 7) is 2.78. The second kappa shape index (κ2) is 8.64. The first-order chi connectivity index (χ1) is 12.8. The molecule has 1 aromatic rings. The standard InChI is InChI=1S/C14H22N12/c15-21-13-17-5-7-25(13)23-19-9-11-1-2-12(4-3-11)10-20-24-26-8-6-18-14(26)22-16/h1-4,9-10,23-24H,5-8,15-16H2,(H,17,21)(H,18,22). The average Bonchev–Trinajstić information content (AvgIpc) is 3.31. The third-order valence-corrected chi connectivity index (χ3v) is 3.66. The number of aliphatic imine (C=N–C) groups is 2. The molecule has 0 bridgehead atoms. The number of benzene rings is 1. The number of nitrogens with zero attached hydrogens (tertiary/aromatic N) is 6. The Morgan fingerprint density at radius 3 is 1.62 bits per heavy atom. The molecule has 3 rings (SSSR count). The van der Waals surface area contributed by atoms with Crippen LogP contribution in [-0.4, -0.2) is 60.5 Å². The van der Waals surface area contributed by atoms with Crippen molar-refractivity contribution in [3.05, 3.63) is 35.4 Å². The molecule has 0 amide bonds. The summed E-state index contributed by atoms with van der Waals surface area (Å²) in [7, 11) is 0. The van der Waals surface area contributed by atoms with Gasteiger partial charge in [-0.2, -0.15) is 10.2 Å². The minimum atomic E-state index is 0.567. The molecule has 0 aliphatic carbocycles. The molecule has 0 aromatic heterocycles. The highest BCUT2D eigenvalue weighted by Gasteiger charge is 2.14. The van der Waals surface area contributed by atoms with E-state index in [9.17, 15) is 0 Å². The summed E-state index contributed by atoms with van der Waals surface area (Å²) in [4.78, 5) is 8.34. The van der Waals surface area contributed by atoms with Crippen LogP contribution < -0.4 is 33.6 Å². The van der Waals surface area contributed by atoms with Crippen molar-refractivity contribution in [1.82, 2.24) is 31.9 Å². The van der Waals surface area contributed by atoms with Gasteiger partial charge in [-0.1, -0.05) is 24.3 Å². The fourth-order valence-corrected chi connectivity index (χ4v) is 2.35. The largest absolute Gasteiger partial charge is 0.293 e. The van der Waals surface area contributed by atoms with E-state index < -0.39 is 0 Å². The fourth-order valence-electron chi connectivity index (χ4n) is 2.35. The molecule has 0 spiro atoms. The lowest BCUT2D eigenvalue weighted by Gasteiger charge is -2.17. The number of guanidine groups is 2. The summed E-state index contributed by atoms with van der Waals surface area (Å²) in [5.41, 5.74) is 12.7. The zero-order valence-corrected chi connectivity index (χ0v) is 14.1. The minimum absolute atomic E-state index is 0.567. The van der Waals surface area contributed by atoms with Crippen LogP contribution in [0.3, 0.4) is 0 Å². The molecule has 26 heavy (non-hydrogen) atoms. The number of hydrogen-bond acceptors (Lipinski definition) is 12. The molecule has 0 unspecified atom stereocenters. The first-order valence-corrected chi connectivity index (χ1v) is 8.05. The Kier molecular flexibility index (Phi) is 5.80. The maximum atomic E-state index is 5.37. The first-order valence-electron chi connectivity index (χ1n) is 8.05. The van der Waals surface area contributed by atoms with Crippen molar-refractivity contribution in [2.75, 3.05) is 26.2 Å². The quantitative estimate of drug-likeness (QED) is 0.187. The van der Waals surface area contributed by atoms with Crippen LogP contribution in [-0.2, 0) is 0 Å². The van der Waals surface area contributed by atoms with Gasteiger partial charge in [-0.3, -0.25) is 10.9 Å². The van der Waals surface area contributed by atoms with Crippen LogP contribution in [0.5, 0.6) is 0 Å². The first kappa shape index (κ1) is 17.4. The van der Waals surface area contributed by atoms with Gasteiger partial charge in [0, 0.05) is 0 Å². The summed E-state index contributed by atoms with van der Waals surface area (Å²) in [6, 6.07) is 7.77. The second-order valence-corrected chi connectivity index (χ2v) is 5.39. The summed E-state index contributed by atoms with van der Waals surface area (Å²) >= 11 is 0. The Bertz CT molecular complexity index is 646. The molecular weight excluding hydrogens is 336 g/mol. The Balaban J connectivity index is 1.47. The lowest BCUT2D eigenvalue weighted by molar-refractivity contribution is 0.335. The zero-order valence-electron chi connectivity index (χ0n) is 14.1. The van der Waals surface area contributed by atoms with Crippen LogP contribution in [0.25, 0.3) is 0 Å². The topological polar surface area (TPSA) is 156 Å². The van der Waals surface area contributed by atoms with Crippen LogP contribution in [0, 0.1) is 0 Å². The van der Waals surface area contributed by atoms with Crippen molar-refractivity contribution in [2.24, 2.45) is 31.9 Å². The molecule has 0 saturated carbocycles. The highest BCUT2D eigenvalue weighted by molar-refractivity contribution is 5.84. The molecule has 138 valence electrons. The zero-order chi connectivity index (χ0) is 18.2. The van der Waals surface area contributed by atoms with Crippen molar-refractivity contribution in [2.45, 2.75) is 0 Å². The van der Waals surface area contributed by atoms with E-state index in [1.54, 1.807) is 22.4 Å². The van der Waals surface area contributed by atoms with Crippen LogP contribution in [0.15, 0.2) is 44.5 Å². The Labute approximate surface area is 150 Å². The maximum Gasteiger partial charge on any atom is 0.228 e. The Morgan fingerprint density at radius 1 is 0.808 bits per heavy atom. The van der Waals surface area contributed by atoms with Crippen LogP contribution in [0.4, 0.5) is 0 Å². The van der Waals surface area contributed by atoms with E-state index in [1.807, 2.05) is 24.3 Å². The SMILES string of the molecule is NNC1=NCCN1NN=Cc1ccc(C=NNN2CCN=C2NN)cc1. The molecule has 12 heteroatoms. The summed E-state index contributed by atoms with van der Waals surface area (Å²) in [5, 5.41) is 11.8. The molecule has 0 saturated heterocycles. The van der Waals surface area contributed by atoms with Crippen molar-refractivity contribution < 1.29 is 0 Å². The van der Waals surface area contributed by atoms with Gasteiger partial charge in [0.25, 0.3) is 0 Å². The van der Waals surface area contributed by atoms with E-state index in [-0.39, 0.29) is 0 Å². The molecule has 2 heterocycles. The average molecular weight is 358 g/mol. The van der Waals surface area contributed by atoms with Gasteiger partial charge < -0.3 is 0 Å². The third-order valence-electron chi connectivity index (χ3n) is 3.66. The van der Waals surface area contributed by atoms with Crippen molar-refractivity contribution in [1.29, 1.82) is 0 Å². The van der Waals surface area contributed by atoms with Gasteiger partial charge in [0.2, 0.25) is 11.9 Å². The molecule has 1 aromatic carbocycles. The Morgan fingerprint density at radius 2 is 1.23 bits per heavy atom. The minimum Gasteiger partial charge on any atom is -0.293 e. The van der Waals surface area contributed by atoms with Gasteiger partial charge in [0.1, 0.15) is 0 Å². The van der Waals surface area contributed by atoms with E-state index in [4.69, 9.17) is 11.7 Å². The number of hydrazone groups is 2. The number of nitrogens with one attached hydrogen (secondary N) is 4. The van der Waals surface area contributed by atoms with Crippen LogP contribution in [0.2, 0.25) is 0 Å². The van der Waals surface area contributed by atoms with Gasteiger partial charge in [-0.25, -0.2) is 42.8 Å². The summed E-state index contributed by atoms with van der Waals surface area (Å²) in [6.07, 6.45) is 3.43. The van der Waals surface area contributed by atoms with Crippen LogP contribution in [0.1, 0.15) is 11.1 Å². The summed E-state index contributed by atoms with van der Waals surface area (Å²) in [5.74, 6) is 11.9. The number of nitrogens with two attached hydrogens (primary N) is 2. The van der Waals surface area contributed by atoms with Gasteiger partial charge in [0.15, 0.2) is 0 Å². The van der Waals surface area contributed by atoms with E-state index in [2.05, 4.69) is 42.1 Å². The van der Waals surface area contributed by atoms with E-state index in [0.717, 1.165) is 11.1 Å².